The maximum Gasteiger partial charge on any atom is 0.261 e. The summed E-state index contributed by atoms with van der Waals surface area (Å²) in [5.74, 6) is 0.245. The summed E-state index contributed by atoms with van der Waals surface area (Å²) < 4.78 is 6.07. The highest BCUT2D eigenvalue weighted by molar-refractivity contribution is 6.42. The van der Waals surface area contributed by atoms with Crippen LogP contribution in [-0.2, 0) is 22.6 Å². The van der Waals surface area contributed by atoms with Crippen molar-refractivity contribution in [3.63, 3.8) is 0 Å². The zero-order valence-electron chi connectivity index (χ0n) is 22.8. The number of carbonyl (C=O) groups excluding carboxylic acids is 2. The summed E-state index contributed by atoms with van der Waals surface area (Å²) in [5, 5.41) is 4.06. The van der Waals surface area contributed by atoms with E-state index >= 15 is 0 Å². The normalized spacial score (nSPS) is 14.2. The van der Waals surface area contributed by atoms with E-state index in [2.05, 4.69) is 11.4 Å². The van der Waals surface area contributed by atoms with Gasteiger partial charge in [0.05, 0.1) is 10.0 Å². The van der Waals surface area contributed by atoms with Crippen LogP contribution in [0.3, 0.4) is 0 Å². The molecule has 4 rings (SSSR count). The third-order valence-electron chi connectivity index (χ3n) is 7.42. The zero-order valence-corrected chi connectivity index (χ0v) is 24.3. The number of ether oxygens (including phenoxy) is 1. The molecule has 1 aliphatic rings. The SMILES string of the molecule is Cc1cc(C)c(C)c(OCC(=O)N(Cc2ccc(Cl)c(Cl)c2)C(Cc2ccccc2)C(=O)NC2CCCC2)c1. The van der Waals surface area contributed by atoms with Gasteiger partial charge in [0.2, 0.25) is 5.91 Å². The number of hydrogen-bond donors (Lipinski definition) is 1. The van der Waals surface area contributed by atoms with Gasteiger partial charge in [-0.05, 0) is 79.6 Å². The number of nitrogens with one attached hydrogen (secondary N) is 1. The Kier molecular flexibility index (Phi) is 9.93. The summed E-state index contributed by atoms with van der Waals surface area (Å²) in [5.41, 5.74) is 4.91. The molecule has 206 valence electrons. The molecule has 0 heterocycles. The second-order valence-electron chi connectivity index (χ2n) is 10.5. The van der Waals surface area contributed by atoms with E-state index in [-0.39, 0.29) is 31.0 Å². The highest BCUT2D eigenvalue weighted by atomic mass is 35.5. The summed E-state index contributed by atoms with van der Waals surface area (Å²) >= 11 is 12.5. The van der Waals surface area contributed by atoms with Crippen molar-refractivity contribution in [2.24, 2.45) is 0 Å². The van der Waals surface area contributed by atoms with Gasteiger partial charge in [0.15, 0.2) is 6.61 Å². The van der Waals surface area contributed by atoms with Crippen LogP contribution in [0.5, 0.6) is 5.75 Å². The molecule has 1 unspecified atom stereocenters. The average molecular weight is 568 g/mol. The van der Waals surface area contributed by atoms with Crippen LogP contribution in [0.4, 0.5) is 0 Å². The van der Waals surface area contributed by atoms with Crippen LogP contribution in [0.15, 0.2) is 60.7 Å². The van der Waals surface area contributed by atoms with Gasteiger partial charge in [-0.1, -0.05) is 78.5 Å². The van der Waals surface area contributed by atoms with Crippen molar-refractivity contribution >= 4 is 35.0 Å². The molecule has 0 aromatic heterocycles. The molecule has 1 fully saturated rings. The van der Waals surface area contributed by atoms with E-state index in [0.29, 0.717) is 22.2 Å². The maximum atomic E-state index is 13.9. The number of benzene rings is 3. The van der Waals surface area contributed by atoms with E-state index in [1.807, 2.05) is 63.2 Å². The second-order valence-corrected chi connectivity index (χ2v) is 11.3. The molecule has 0 radical (unpaired) electrons. The largest absolute Gasteiger partial charge is 0.483 e. The molecule has 0 spiro atoms. The molecular weight excluding hydrogens is 531 g/mol. The third kappa shape index (κ3) is 7.77. The van der Waals surface area contributed by atoms with E-state index < -0.39 is 6.04 Å². The Morgan fingerprint density at radius 2 is 1.67 bits per heavy atom. The minimum absolute atomic E-state index is 0.131. The summed E-state index contributed by atoms with van der Waals surface area (Å²) in [6, 6.07) is 18.5. The quantitative estimate of drug-likeness (QED) is 0.287. The Bertz CT molecular complexity index is 1310. The summed E-state index contributed by atoms with van der Waals surface area (Å²) in [6.07, 6.45) is 4.50. The van der Waals surface area contributed by atoms with Gasteiger partial charge < -0.3 is 15.0 Å². The molecule has 1 N–H and O–H groups in total. The number of halogens is 2. The lowest BCUT2D eigenvalue weighted by Crippen LogP contribution is -2.53. The first-order valence-electron chi connectivity index (χ1n) is 13.5. The van der Waals surface area contributed by atoms with E-state index in [9.17, 15) is 9.59 Å². The molecule has 1 atom stereocenters. The van der Waals surface area contributed by atoms with E-state index in [0.717, 1.165) is 53.5 Å². The monoisotopic (exact) mass is 566 g/mol. The van der Waals surface area contributed by atoms with Crippen LogP contribution >= 0.6 is 23.2 Å². The first-order valence-corrected chi connectivity index (χ1v) is 14.2. The smallest absolute Gasteiger partial charge is 0.261 e. The van der Waals surface area contributed by atoms with Crippen LogP contribution in [-0.4, -0.2) is 35.4 Å². The number of rotatable bonds is 10. The Hall–Kier alpha value is -3.02. The summed E-state index contributed by atoms with van der Waals surface area (Å²) in [7, 11) is 0. The predicted molar refractivity (Wildman–Crippen MR) is 157 cm³/mol. The zero-order chi connectivity index (χ0) is 27.9. The molecule has 2 amide bonds. The van der Waals surface area contributed by atoms with E-state index in [1.165, 1.54) is 0 Å². The second kappa shape index (κ2) is 13.4. The minimum atomic E-state index is -0.723. The topological polar surface area (TPSA) is 58.6 Å². The van der Waals surface area contributed by atoms with Crippen molar-refractivity contribution in [2.75, 3.05) is 6.61 Å². The Balaban J connectivity index is 1.65. The fraction of sp³-hybridized carbons (Fsp3) is 0.375. The first-order chi connectivity index (χ1) is 18.7. The van der Waals surface area contributed by atoms with Gasteiger partial charge in [0.25, 0.3) is 5.91 Å². The third-order valence-corrected chi connectivity index (χ3v) is 8.16. The Morgan fingerprint density at radius 3 is 2.36 bits per heavy atom. The number of amides is 2. The lowest BCUT2D eigenvalue weighted by molar-refractivity contribution is -0.143. The van der Waals surface area contributed by atoms with Crippen molar-refractivity contribution in [3.05, 3.63) is 98.5 Å². The van der Waals surface area contributed by atoms with Crippen LogP contribution in [0.2, 0.25) is 10.0 Å². The molecule has 3 aromatic rings. The Morgan fingerprint density at radius 1 is 0.949 bits per heavy atom. The van der Waals surface area contributed by atoms with Gasteiger partial charge >= 0.3 is 0 Å². The van der Waals surface area contributed by atoms with Gasteiger partial charge in [-0.2, -0.15) is 0 Å². The van der Waals surface area contributed by atoms with E-state index in [1.54, 1.807) is 17.0 Å². The lowest BCUT2D eigenvalue weighted by Gasteiger charge is -2.32. The molecule has 0 aliphatic heterocycles. The number of nitrogens with zero attached hydrogens (tertiary/aromatic N) is 1. The highest BCUT2D eigenvalue weighted by Crippen LogP contribution is 2.26. The van der Waals surface area contributed by atoms with Gasteiger partial charge in [-0.3, -0.25) is 9.59 Å². The molecular formula is C32H36Cl2N2O3. The van der Waals surface area contributed by atoms with Crippen molar-refractivity contribution in [2.45, 2.75) is 71.5 Å². The molecule has 39 heavy (non-hydrogen) atoms. The van der Waals surface area contributed by atoms with Crippen molar-refractivity contribution in [1.29, 1.82) is 0 Å². The van der Waals surface area contributed by atoms with Gasteiger partial charge in [-0.25, -0.2) is 0 Å². The van der Waals surface area contributed by atoms with Crippen LogP contribution < -0.4 is 10.1 Å². The summed E-state index contributed by atoms with van der Waals surface area (Å²) in [4.78, 5) is 29.3. The maximum absolute atomic E-state index is 13.9. The van der Waals surface area contributed by atoms with Crippen LogP contribution in [0, 0.1) is 20.8 Å². The minimum Gasteiger partial charge on any atom is -0.483 e. The molecule has 1 saturated carbocycles. The average Bonchev–Trinajstić information content (AvgIpc) is 3.42. The van der Waals surface area contributed by atoms with Crippen LogP contribution in [0.25, 0.3) is 0 Å². The van der Waals surface area contributed by atoms with Crippen LogP contribution in [0.1, 0.15) is 53.5 Å². The van der Waals surface area contributed by atoms with Crippen molar-refractivity contribution < 1.29 is 14.3 Å². The van der Waals surface area contributed by atoms with Gasteiger partial charge in [0, 0.05) is 19.0 Å². The van der Waals surface area contributed by atoms with E-state index in [4.69, 9.17) is 27.9 Å². The predicted octanol–water partition coefficient (Wildman–Crippen LogP) is 7.00. The Labute approximate surface area is 241 Å². The van der Waals surface area contributed by atoms with Crippen molar-refractivity contribution in [1.82, 2.24) is 10.2 Å². The summed E-state index contributed by atoms with van der Waals surface area (Å²) in [6.45, 7) is 6.01. The number of aryl methyl sites for hydroxylation is 2. The number of hydrogen-bond acceptors (Lipinski definition) is 3. The molecule has 7 heteroatoms. The standard InChI is InChI=1S/C32H36Cl2N2O3/c1-21-15-22(2)23(3)30(16-21)39-20-31(37)36(19-25-13-14-27(33)28(34)17-25)29(18-24-9-5-4-6-10-24)32(38)35-26-11-7-8-12-26/h4-6,9-10,13-17,26,29H,7-8,11-12,18-20H2,1-3H3,(H,35,38). The molecule has 0 bridgehead atoms. The lowest BCUT2D eigenvalue weighted by atomic mass is 10.0. The highest BCUT2D eigenvalue weighted by Gasteiger charge is 2.32. The first kappa shape index (κ1) is 29.0. The molecule has 5 nitrogen and oxygen atoms in total. The van der Waals surface area contributed by atoms with Gasteiger partial charge in [-0.15, -0.1) is 0 Å². The molecule has 0 saturated heterocycles. The number of carbonyl (C=O) groups is 2. The van der Waals surface area contributed by atoms with Crippen molar-refractivity contribution in [3.8, 4) is 5.75 Å². The fourth-order valence-corrected chi connectivity index (χ4v) is 5.45. The van der Waals surface area contributed by atoms with Gasteiger partial charge in [0.1, 0.15) is 11.8 Å². The molecule has 3 aromatic carbocycles. The molecule has 1 aliphatic carbocycles. The fourth-order valence-electron chi connectivity index (χ4n) is 5.13.